The van der Waals surface area contributed by atoms with E-state index in [1.165, 1.54) is 16.8 Å². The van der Waals surface area contributed by atoms with Crippen molar-refractivity contribution in [3.8, 4) is 5.69 Å². The molecule has 0 spiro atoms. The van der Waals surface area contributed by atoms with Crippen LogP contribution in [0.1, 0.15) is 5.56 Å². The van der Waals surface area contributed by atoms with Crippen molar-refractivity contribution in [3.63, 3.8) is 0 Å². The van der Waals surface area contributed by atoms with E-state index in [4.69, 9.17) is 5.11 Å². The van der Waals surface area contributed by atoms with Crippen LogP contribution in [0.15, 0.2) is 30.5 Å². The molecule has 1 aromatic carbocycles. The van der Waals surface area contributed by atoms with E-state index < -0.39 is 0 Å². The Kier molecular flexibility index (Phi) is 2.28. The van der Waals surface area contributed by atoms with E-state index in [-0.39, 0.29) is 12.4 Å². The number of aliphatic hydroxyl groups is 1. The van der Waals surface area contributed by atoms with Crippen LogP contribution in [-0.2, 0) is 6.61 Å². The fourth-order valence-corrected chi connectivity index (χ4v) is 1.26. The average molecular weight is 191 g/mol. The smallest absolute Gasteiger partial charge is 0.123 e. The summed E-state index contributed by atoms with van der Waals surface area (Å²) in [6.45, 7) is -0.221. The molecule has 1 N–H and O–H groups in total. The molecule has 1 heterocycles. The summed E-state index contributed by atoms with van der Waals surface area (Å²) in [5.41, 5.74) is 1.13. The third-order valence-corrected chi connectivity index (χ3v) is 1.89. The monoisotopic (exact) mass is 191 g/mol. The van der Waals surface area contributed by atoms with E-state index in [1.54, 1.807) is 18.3 Å². The molecule has 2 rings (SSSR count). The normalized spacial score (nSPS) is 10.4. The van der Waals surface area contributed by atoms with E-state index in [0.29, 0.717) is 11.3 Å². The first-order chi connectivity index (χ1) is 6.81. The largest absolute Gasteiger partial charge is 0.392 e. The van der Waals surface area contributed by atoms with Gasteiger partial charge in [-0.3, -0.25) is 0 Å². The Labute approximate surface area is 80.4 Å². The maximum Gasteiger partial charge on any atom is 0.123 e. The Hall–Kier alpha value is -1.68. The fourth-order valence-electron chi connectivity index (χ4n) is 1.26. The number of nitrogens with zero attached hydrogens (tertiary/aromatic N) is 2. The first-order valence-electron chi connectivity index (χ1n) is 4.12. The van der Waals surface area contributed by atoms with Gasteiger partial charge in [0.2, 0.25) is 0 Å². The molecular weight excluding hydrogens is 183 g/mol. The second kappa shape index (κ2) is 3.59. The molecule has 0 aliphatic carbocycles. The molecule has 71 valence electrons. The molecule has 1 aromatic heterocycles. The van der Waals surface area contributed by atoms with Crippen LogP contribution in [0.3, 0.4) is 0 Å². The van der Waals surface area contributed by atoms with Crippen LogP contribution in [0.2, 0.25) is 0 Å². The lowest BCUT2D eigenvalue weighted by molar-refractivity contribution is 0.280. The number of aliphatic hydroxyl groups excluding tert-OH is 1. The Morgan fingerprint density at radius 3 is 3.00 bits per heavy atom. The third kappa shape index (κ3) is 1.52. The first kappa shape index (κ1) is 8.90. The quantitative estimate of drug-likeness (QED) is 0.777. The molecule has 14 heavy (non-hydrogen) atoms. The minimum absolute atomic E-state index is 0.221. The zero-order valence-electron chi connectivity index (χ0n) is 7.31. The van der Waals surface area contributed by atoms with E-state index in [0.717, 1.165) is 0 Å². The van der Waals surface area contributed by atoms with Crippen molar-refractivity contribution in [3.05, 3.63) is 48.0 Å². The number of benzene rings is 1. The highest BCUT2D eigenvalue weighted by Crippen LogP contribution is 2.14. The summed E-state index contributed by atoms with van der Waals surface area (Å²) in [5, 5.41) is 13.0. The van der Waals surface area contributed by atoms with E-state index in [1.807, 2.05) is 0 Å². The van der Waals surface area contributed by atoms with Crippen molar-refractivity contribution in [2.24, 2.45) is 0 Å². The highest BCUT2D eigenvalue weighted by atomic mass is 19.1. The molecule has 0 bridgehead atoms. The highest BCUT2D eigenvalue weighted by Gasteiger charge is 2.05. The van der Waals surface area contributed by atoms with Crippen LogP contribution in [0.25, 0.3) is 5.69 Å². The van der Waals surface area contributed by atoms with Crippen LogP contribution in [-0.4, -0.2) is 14.9 Å². The SMILES string of the molecule is OCc1cc(F)ccc1-n1[c]ccn1. The Morgan fingerprint density at radius 2 is 2.36 bits per heavy atom. The fraction of sp³-hybridized carbons (Fsp3) is 0.100. The van der Waals surface area contributed by atoms with Gasteiger partial charge in [-0.15, -0.1) is 0 Å². The zero-order chi connectivity index (χ0) is 9.97. The van der Waals surface area contributed by atoms with Gasteiger partial charge in [0.05, 0.1) is 24.7 Å². The number of hydrogen-bond acceptors (Lipinski definition) is 2. The van der Waals surface area contributed by atoms with Gasteiger partial charge in [0.25, 0.3) is 0 Å². The van der Waals surface area contributed by atoms with Crippen molar-refractivity contribution in [2.45, 2.75) is 6.61 Å². The minimum Gasteiger partial charge on any atom is -0.392 e. The van der Waals surface area contributed by atoms with Gasteiger partial charge in [0.1, 0.15) is 5.82 Å². The Morgan fingerprint density at radius 1 is 1.50 bits per heavy atom. The maximum atomic E-state index is 12.8. The van der Waals surface area contributed by atoms with Crippen molar-refractivity contribution in [2.75, 3.05) is 0 Å². The summed E-state index contributed by atoms with van der Waals surface area (Å²) in [4.78, 5) is 0. The second-order valence-corrected chi connectivity index (χ2v) is 2.80. The van der Waals surface area contributed by atoms with Crippen molar-refractivity contribution >= 4 is 0 Å². The lowest BCUT2D eigenvalue weighted by Crippen LogP contribution is -2.00. The molecule has 0 saturated carbocycles. The minimum atomic E-state index is -0.370. The van der Waals surface area contributed by atoms with E-state index in [9.17, 15) is 4.39 Å². The molecule has 2 aromatic rings. The van der Waals surface area contributed by atoms with Gasteiger partial charge in [0, 0.05) is 5.56 Å². The van der Waals surface area contributed by atoms with Crippen molar-refractivity contribution in [1.29, 1.82) is 0 Å². The molecule has 3 nitrogen and oxygen atoms in total. The van der Waals surface area contributed by atoms with Gasteiger partial charge >= 0.3 is 0 Å². The van der Waals surface area contributed by atoms with E-state index >= 15 is 0 Å². The topological polar surface area (TPSA) is 38.0 Å². The maximum absolute atomic E-state index is 12.8. The number of hydrogen-bond donors (Lipinski definition) is 1. The molecule has 0 aliphatic rings. The third-order valence-electron chi connectivity index (χ3n) is 1.89. The van der Waals surface area contributed by atoms with Crippen molar-refractivity contribution < 1.29 is 9.50 Å². The lowest BCUT2D eigenvalue weighted by atomic mass is 10.2. The van der Waals surface area contributed by atoms with Crippen LogP contribution in [0.4, 0.5) is 4.39 Å². The predicted octanol–water partition coefficient (Wildman–Crippen LogP) is 1.30. The summed E-state index contributed by atoms with van der Waals surface area (Å²) >= 11 is 0. The Bertz CT molecular complexity index is 426. The summed E-state index contributed by atoms with van der Waals surface area (Å²) in [6.07, 6.45) is 4.39. The first-order valence-corrected chi connectivity index (χ1v) is 4.12. The molecule has 0 amide bonds. The lowest BCUT2D eigenvalue weighted by Gasteiger charge is -2.06. The van der Waals surface area contributed by atoms with Crippen LogP contribution in [0.5, 0.6) is 0 Å². The number of aromatic nitrogens is 2. The molecule has 4 heteroatoms. The van der Waals surface area contributed by atoms with Crippen LogP contribution < -0.4 is 0 Å². The summed E-state index contributed by atoms with van der Waals surface area (Å²) in [5.74, 6) is -0.370. The summed E-state index contributed by atoms with van der Waals surface area (Å²) in [7, 11) is 0. The van der Waals surface area contributed by atoms with E-state index in [2.05, 4.69) is 11.3 Å². The Balaban J connectivity index is 2.53. The zero-order valence-corrected chi connectivity index (χ0v) is 7.31. The van der Waals surface area contributed by atoms with Crippen molar-refractivity contribution in [1.82, 2.24) is 9.78 Å². The molecule has 0 aliphatic heterocycles. The standard InChI is InChI=1S/C10H8FN2O/c11-9-2-3-10(8(6-9)7-14)13-5-1-4-12-13/h1-4,6,14H,7H2. The highest BCUT2D eigenvalue weighted by molar-refractivity contribution is 5.39. The van der Waals surface area contributed by atoms with Gasteiger partial charge in [-0.2, -0.15) is 5.10 Å². The van der Waals surface area contributed by atoms with Gasteiger partial charge in [-0.1, -0.05) is 0 Å². The molecule has 0 saturated heterocycles. The summed E-state index contributed by atoms with van der Waals surface area (Å²) in [6, 6.07) is 5.81. The van der Waals surface area contributed by atoms with Crippen LogP contribution in [0, 0.1) is 12.0 Å². The molecular formula is C10H8FN2O. The van der Waals surface area contributed by atoms with Gasteiger partial charge in [-0.25, -0.2) is 9.07 Å². The van der Waals surface area contributed by atoms with Gasteiger partial charge in [0.15, 0.2) is 0 Å². The molecule has 1 radical (unpaired) electrons. The second-order valence-electron chi connectivity index (χ2n) is 2.80. The summed E-state index contributed by atoms with van der Waals surface area (Å²) < 4.78 is 14.3. The average Bonchev–Trinajstić information content (AvgIpc) is 2.70. The molecule has 0 unspecified atom stereocenters. The van der Waals surface area contributed by atoms with Gasteiger partial charge < -0.3 is 5.11 Å². The number of halogens is 1. The van der Waals surface area contributed by atoms with Gasteiger partial charge in [-0.05, 0) is 24.3 Å². The van der Waals surface area contributed by atoms with Crippen LogP contribution >= 0.6 is 0 Å². The molecule has 0 fully saturated rings. The predicted molar refractivity (Wildman–Crippen MR) is 48.3 cm³/mol. The number of rotatable bonds is 2. The molecule has 0 atom stereocenters.